The zero-order chi connectivity index (χ0) is 19.6. The molecule has 0 unspecified atom stereocenters. The van der Waals surface area contributed by atoms with Gasteiger partial charge in [0.15, 0.2) is 11.5 Å². The summed E-state index contributed by atoms with van der Waals surface area (Å²) in [6, 6.07) is 10.5. The van der Waals surface area contributed by atoms with Crippen molar-refractivity contribution in [2.45, 2.75) is 30.7 Å². The number of hydrogen-bond acceptors (Lipinski definition) is 4. The van der Waals surface area contributed by atoms with Gasteiger partial charge in [-0.05, 0) is 60.7 Å². The van der Waals surface area contributed by atoms with Crippen LogP contribution >= 0.6 is 11.6 Å². The molecule has 0 amide bonds. The van der Waals surface area contributed by atoms with Crippen LogP contribution in [0.15, 0.2) is 41.3 Å². The van der Waals surface area contributed by atoms with Crippen LogP contribution < -0.4 is 9.47 Å². The van der Waals surface area contributed by atoms with Gasteiger partial charge in [-0.2, -0.15) is 4.31 Å². The Bertz CT molecular complexity index is 912. The van der Waals surface area contributed by atoms with Crippen LogP contribution in [0.5, 0.6) is 11.5 Å². The molecule has 2 aromatic rings. The standard InChI is InChI=1S/C20H24ClNO4S/c1-14-18-13-20(26-3)19(25-2)12-16(18)9-11-22(14)27(23,24)17-6-4-15(5-7-17)8-10-21/h4-7,12-14H,8-11H2,1-3H3/t14-/m1/s1. The number of aryl methyl sites for hydroxylation is 1. The van der Waals surface area contributed by atoms with Crippen LogP contribution in [0.4, 0.5) is 0 Å². The van der Waals surface area contributed by atoms with Gasteiger partial charge >= 0.3 is 0 Å². The lowest BCUT2D eigenvalue weighted by Crippen LogP contribution is -2.38. The van der Waals surface area contributed by atoms with E-state index in [0.717, 1.165) is 23.1 Å². The van der Waals surface area contributed by atoms with Gasteiger partial charge in [-0.1, -0.05) is 12.1 Å². The zero-order valence-corrected chi connectivity index (χ0v) is 17.3. The van der Waals surface area contributed by atoms with Crippen molar-refractivity contribution in [1.29, 1.82) is 0 Å². The average molecular weight is 410 g/mol. The molecule has 1 aliphatic rings. The van der Waals surface area contributed by atoms with Gasteiger partial charge < -0.3 is 9.47 Å². The fourth-order valence-corrected chi connectivity index (χ4v) is 5.35. The number of rotatable bonds is 6. The molecule has 0 spiro atoms. The van der Waals surface area contributed by atoms with Crippen molar-refractivity contribution in [3.05, 3.63) is 53.1 Å². The molecule has 1 atom stereocenters. The predicted octanol–water partition coefficient (Wildman–Crippen LogP) is 3.79. The molecule has 27 heavy (non-hydrogen) atoms. The van der Waals surface area contributed by atoms with Crippen molar-refractivity contribution < 1.29 is 17.9 Å². The molecule has 0 bridgehead atoms. The van der Waals surface area contributed by atoms with Gasteiger partial charge in [0.25, 0.3) is 0 Å². The minimum Gasteiger partial charge on any atom is -0.493 e. The van der Waals surface area contributed by atoms with Gasteiger partial charge in [-0.3, -0.25) is 0 Å². The molecule has 1 aliphatic heterocycles. The zero-order valence-electron chi connectivity index (χ0n) is 15.7. The Hall–Kier alpha value is -1.76. The maximum Gasteiger partial charge on any atom is 0.243 e. The van der Waals surface area contributed by atoms with E-state index in [9.17, 15) is 8.42 Å². The molecule has 0 aromatic heterocycles. The van der Waals surface area contributed by atoms with Crippen molar-refractivity contribution in [3.63, 3.8) is 0 Å². The van der Waals surface area contributed by atoms with Crippen molar-refractivity contribution in [2.75, 3.05) is 26.6 Å². The Labute approximate surface area is 165 Å². The van der Waals surface area contributed by atoms with E-state index in [-0.39, 0.29) is 6.04 Å². The fourth-order valence-electron chi connectivity index (χ4n) is 3.52. The molecule has 0 N–H and O–H groups in total. The maximum absolute atomic E-state index is 13.2. The summed E-state index contributed by atoms with van der Waals surface area (Å²) in [6.07, 6.45) is 1.35. The second-order valence-electron chi connectivity index (χ2n) is 6.53. The van der Waals surface area contributed by atoms with Crippen LogP contribution in [-0.4, -0.2) is 39.4 Å². The van der Waals surface area contributed by atoms with Gasteiger partial charge in [-0.25, -0.2) is 8.42 Å². The molecule has 1 heterocycles. The fraction of sp³-hybridized carbons (Fsp3) is 0.400. The number of fused-ring (bicyclic) bond motifs is 1. The second kappa shape index (κ2) is 8.09. The van der Waals surface area contributed by atoms with Crippen molar-refractivity contribution in [3.8, 4) is 11.5 Å². The summed E-state index contributed by atoms with van der Waals surface area (Å²) in [5, 5.41) is 0. The number of nitrogens with zero attached hydrogens (tertiary/aromatic N) is 1. The molecule has 0 fully saturated rings. The molecular formula is C20H24ClNO4S. The molecule has 0 radical (unpaired) electrons. The minimum atomic E-state index is -3.59. The molecule has 3 rings (SSSR count). The number of sulfonamides is 1. The average Bonchev–Trinajstić information content (AvgIpc) is 2.67. The molecule has 0 aliphatic carbocycles. The van der Waals surface area contributed by atoms with Crippen molar-refractivity contribution in [2.24, 2.45) is 0 Å². The Balaban J connectivity index is 1.94. The van der Waals surface area contributed by atoms with Crippen LogP contribution in [-0.2, 0) is 22.9 Å². The summed E-state index contributed by atoms with van der Waals surface area (Å²) in [6.45, 7) is 2.33. The summed E-state index contributed by atoms with van der Waals surface area (Å²) in [5.41, 5.74) is 3.06. The van der Waals surface area contributed by atoms with E-state index in [2.05, 4.69) is 0 Å². The Morgan fingerprint density at radius 2 is 1.74 bits per heavy atom. The van der Waals surface area contributed by atoms with E-state index >= 15 is 0 Å². The second-order valence-corrected chi connectivity index (χ2v) is 8.80. The Kier molecular flexibility index (Phi) is 5.99. The molecule has 146 valence electrons. The molecule has 2 aromatic carbocycles. The molecule has 0 saturated heterocycles. The first-order valence-electron chi connectivity index (χ1n) is 8.84. The summed E-state index contributed by atoms with van der Waals surface area (Å²) in [5.74, 6) is 1.78. The maximum atomic E-state index is 13.2. The lowest BCUT2D eigenvalue weighted by Gasteiger charge is -2.34. The van der Waals surface area contributed by atoms with E-state index < -0.39 is 10.0 Å². The normalized spacial score (nSPS) is 17.4. The van der Waals surface area contributed by atoms with Gasteiger partial charge in [-0.15, -0.1) is 11.6 Å². The lowest BCUT2D eigenvalue weighted by molar-refractivity contribution is 0.319. The van der Waals surface area contributed by atoms with E-state index in [1.54, 1.807) is 30.7 Å². The number of benzene rings is 2. The highest BCUT2D eigenvalue weighted by Gasteiger charge is 2.34. The summed E-state index contributed by atoms with van der Waals surface area (Å²) >= 11 is 5.76. The molecular weight excluding hydrogens is 386 g/mol. The first-order chi connectivity index (χ1) is 12.9. The van der Waals surface area contributed by atoms with Crippen LogP contribution in [0.1, 0.15) is 29.7 Å². The lowest BCUT2D eigenvalue weighted by atomic mass is 9.94. The largest absolute Gasteiger partial charge is 0.493 e. The van der Waals surface area contributed by atoms with Gasteiger partial charge in [0, 0.05) is 18.5 Å². The minimum absolute atomic E-state index is 0.291. The third-order valence-corrected chi connectivity index (χ3v) is 7.22. The van der Waals surface area contributed by atoms with E-state index in [0.29, 0.717) is 35.2 Å². The topological polar surface area (TPSA) is 55.8 Å². The summed E-state index contributed by atoms with van der Waals surface area (Å²) in [4.78, 5) is 0.302. The first-order valence-corrected chi connectivity index (χ1v) is 10.8. The predicted molar refractivity (Wildman–Crippen MR) is 106 cm³/mol. The van der Waals surface area contributed by atoms with Crippen LogP contribution in [0.3, 0.4) is 0 Å². The smallest absolute Gasteiger partial charge is 0.243 e. The third kappa shape index (κ3) is 3.79. The highest BCUT2D eigenvalue weighted by molar-refractivity contribution is 7.89. The van der Waals surface area contributed by atoms with Gasteiger partial charge in [0.05, 0.1) is 19.1 Å². The van der Waals surface area contributed by atoms with E-state index in [4.69, 9.17) is 21.1 Å². The monoisotopic (exact) mass is 409 g/mol. The number of ether oxygens (including phenoxy) is 2. The van der Waals surface area contributed by atoms with Gasteiger partial charge in [0.2, 0.25) is 10.0 Å². The molecule has 7 heteroatoms. The molecule has 5 nitrogen and oxygen atoms in total. The first kappa shape index (κ1) is 20.0. The van der Waals surface area contributed by atoms with Gasteiger partial charge in [0.1, 0.15) is 0 Å². The van der Waals surface area contributed by atoms with E-state index in [1.165, 1.54) is 0 Å². The summed E-state index contributed by atoms with van der Waals surface area (Å²) in [7, 11) is -0.416. The Morgan fingerprint density at radius 3 is 2.33 bits per heavy atom. The van der Waals surface area contributed by atoms with Crippen LogP contribution in [0.2, 0.25) is 0 Å². The number of hydrogen-bond donors (Lipinski definition) is 0. The van der Waals surface area contributed by atoms with Crippen molar-refractivity contribution in [1.82, 2.24) is 4.31 Å². The Morgan fingerprint density at radius 1 is 1.11 bits per heavy atom. The van der Waals surface area contributed by atoms with Crippen LogP contribution in [0, 0.1) is 0 Å². The summed E-state index contributed by atoms with van der Waals surface area (Å²) < 4.78 is 38.7. The highest BCUT2D eigenvalue weighted by Crippen LogP contribution is 2.39. The van der Waals surface area contributed by atoms with Crippen molar-refractivity contribution >= 4 is 21.6 Å². The number of halogens is 1. The SMILES string of the molecule is COc1cc2c(cc1OC)[C@@H](C)N(S(=O)(=O)c1ccc(CCCl)cc1)CC2. The van der Waals surface area contributed by atoms with Crippen LogP contribution in [0.25, 0.3) is 0 Å². The number of methoxy groups -OCH3 is 2. The quantitative estimate of drug-likeness (QED) is 0.681. The number of alkyl halides is 1. The van der Waals surface area contributed by atoms with E-state index in [1.807, 2.05) is 31.2 Å². The highest BCUT2D eigenvalue weighted by atomic mass is 35.5. The molecule has 0 saturated carbocycles. The third-order valence-electron chi connectivity index (χ3n) is 5.04.